The summed E-state index contributed by atoms with van der Waals surface area (Å²) in [6.45, 7) is 0. The van der Waals surface area contributed by atoms with E-state index in [0.29, 0.717) is 17.3 Å². The Hall–Kier alpha value is -2.39. The van der Waals surface area contributed by atoms with Gasteiger partial charge in [-0.05, 0) is 18.2 Å². The zero-order valence-corrected chi connectivity index (χ0v) is 14.6. The van der Waals surface area contributed by atoms with Crippen LogP contribution in [-0.2, 0) is 0 Å². The summed E-state index contributed by atoms with van der Waals surface area (Å²) >= 11 is 3.17. The van der Waals surface area contributed by atoms with Crippen LogP contribution >= 0.6 is 23.1 Å². The maximum atomic E-state index is 5.37. The molecular weight excluding hydrogens is 346 g/mol. The van der Waals surface area contributed by atoms with Gasteiger partial charge in [-0.3, -0.25) is 0 Å². The minimum atomic E-state index is 0.639. The number of rotatable bonds is 4. The van der Waals surface area contributed by atoms with Crippen molar-refractivity contribution in [1.82, 2.24) is 19.9 Å². The summed E-state index contributed by atoms with van der Waals surface area (Å²) in [5.41, 5.74) is 1.78. The van der Waals surface area contributed by atoms with Crippen molar-refractivity contribution in [3.8, 4) is 22.9 Å². The first kappa shape index (κ1) is 15.2. The van der Waals surface area contributed by atoms with Gasteiger partial charge in [0.25, 0.3) is 0 Å². The lowest BCUT2D eigenvalue weighted by atomic mass is 10.2. The second-order valence-corrected chi connectivity index (χ2v) is 6.70. The molecule has 0 N–H and O–H groups in total. The summed E-state index contributed by atoms with van der Waals surface area (Å²) < 4.78 is 12.4. The number of thioether (sulfide) groups is 1. The van der Waals surface area contributed by atoms with Gasteiger partial charge in [-0.15, -0.1) is 21.5 Å². The van der Waals surface area contributed by atoms with E-state index < -0.39 is 0 Å². The molecule has 0 aliphatic carbocycles. The second-order valence-electron chi connectivity index (χ2n) is 4.86. The van der Waals surface area contributed by atoms with Crippen LogP contribution in [0.4, 0.5) is 0 Å². The average molecular weight is 359 g/mol. The molecule has 4 rings (SSSR count). The molecule has 1 aliphatic heterocycles. The van der Waals surface area contributed by atoms with Crippen LogP contribution in [0.15, 0.2) is 40.0 Å². The standard InChI is InChI=1S/C15H13N5O2S2/c1-21-11-4-3-9(7-12(11)22-2)13-17-18-15-20(13)19-10(8-24-15)14-16-5-6-23-14/h3-7H,8H2,1-2H3. The first-order chi connectivity index (χ1) is 11.8. The molecule has 2 aromatic heterocycles. The first-order valence-corrected chi connectivity index (χ1v) is 8.95. The van der Waals surface area contributed by atoms with Gasteiger partial charge in [-0.2, -0.15) is 9.78 Å². The molecule has 0 fully saturated rings. The number of benzene rings is 1. The second kappa shape index (κ2) is 6.25. The molecular formula is C15H13N5O2S2. The molecule has 0 spiro atoms. The van der Waals surface area contributed by atoms with Crippen molar-refractivity contribution < 1.29 is 9.47 Å². The Morgan fingerprint density at radius 3 is 2.75 bits per heavy atom. The molecule has 24 heavy (non-hydrogen) atoms. The van der Waals surface area contributed by atoms with Gasteiger partial charge in [0.05, 0.1) is 14.2 Å². The minimum Gasteiger partial charge on any atom is -0.493 e. The first-order valence-electron chi connectivity index (χ1n) is 7.08. The van der Waals surface area contributed by atoms with E-state index in [2.05, 4.69) is 20.3 Å². The Bertz CT molecular complexity index is 905. The smallest absolute Gasteiger partial charge is 0.212 e. The molecule has 3 aromatic rings. The van der Waals surface area contributed by atoms with Gasteiger partial charge < -0.3 is 9.47 Å². The third kappa shape index (κ3) is 2.55. The van der Waals surface area contributed by atoms with Gasteiger partial charge in [0, 0.05) is 22.9 Å². The molecule has 122 valence electrons. The Morgan fingerprint density at radius 2 is 2.00 bits per heavy atom. The number of ether oxygens (including phenoxy) is 2. The van der Waals surface area contributed by atoms with E-state index in [9.17, 15) is 0 Å². The molecule has 0 saturated carbocycles. The van der Waals surface area contributed by atoms with E-state index in [0.717, 1.165) is 27.2 Å². The Balaban J connectivity index is 1.79. The maximum absolute atomic E-state index is 5.37. The molecule has 0 saturated heterocycles. The third-order valence-corrected chi connectivity index (χ3v) is 5.24. The lowest BCUT2D eigenvalue weighted by molar-refractivity contribution is 0.355. The van der Waals surface area contributed by atoms with Crippen LogP contribution in [0.25, 0.3) is 11.4 Å². The highest BCUT2D eigenvalue weighted by atomic mass is 32.2. The highest BCUT2D eigenvalue weighted by Crippen LogP contribution is 2.34. The van der Waals surface area contributed by atoms with Crippen LogP contribution < -0.4 is 9.47 Å². The molecule has 0 amide bonds. The molecule has 0 radical (unpaired) electrons. The van der Waals surface area contributed by atoms with Crippen LogP contribution in [0.3, 0.4) is 0 Å². The minimum absolute atomic E-state index is 0.639. The van der Waals surface area contributed by atoms with Crippen LogP contribution in [0.1, 0.15) is 5.01 Å². The lowest BCUT2D eigenvalue weighted by Gasteiger charge is -2.13. The summed E-state index contributed by atoms with van der Waals surface area (Å²) in [6.07, 6.45) is 1.78. The van der Waals surface area contributed by atoms with Crippen molar-refractivity contribution in [2.24, 2.45) is 5.10 Å². The number of hydrogen-bond acceptors (Lipinski definition) is 8. The summed E-state index contributed by atoms with van der Waals surface area (Å²) in [7, 11) is 3.22. The van der Waals surface area contributed by atoms with Crippen molar-refractivity contribution in [2.75, 3.05) is 20.0 Å². The van der Waals surface area contributed by atoms with Crippen LogP contribution in [0.5, 0.6) is 11.5 Å². The fourth-order valence-electron chi connectivity index (χ4n) is 2.35. The predicted molar refractivity (Wildman–Crippen MR) is 93.3 cm³/mol. The molecule has 0 bridgehead atoms. The van der Waals surface area contributed by atoms with E-state index in [1.807, 2.05) is 23.6 Å². The molecule has 1 aliphatic rings. The van der Waals surface area contributed by atoms with E-state index in [1.165, 1.54) is 0 Å². The summed E-state index contributed by atoms with van der Waals surface area (Å²) in [5.74, 6) is 2.70. The molecule has 3 heterocycles. The van der Waals surface area contributed by atoms with Crippen molar-refractivity contribution in [1.29, 1.82) is 0 Å². The Kier molecular flexibility index (Phi) is 3.95. The molecule has 1 aromatic carbocycles. The summed E-state index contributed by atoms with van der Waals surface area (Å²) in [5, 5.41) is 16.8. The summed E-state index contributed by atoms with van der Waals surface area (Å²) in [4.78, 5) is 4.33. The molecule has 7 nitrogen and oxygen atoms in total. The number of hydrogen-bond donors (Lipinski definition) is 0. The number of nitrogens with zero attached hydrogens (tertiary/aromatic N) is 5. The number of aromatic nitrogens is 4. The Morgan fingerprint density at radius 1 is 1.12 bits per heavy atom. The molecule has 9 heteroatoms. The zero-order chi connectivity index (χ0) is 16.5. The summed E-state index contributed by atoms with van der Waals surface area (Å²) in [6, 6.07) is 5.63. The molecule has 0 unspecified atom stereocenters. The van der Waals surface area contributed by atoms with Crippen molar-refractivity contribution in [3.63, 3.8) is 0 Å². The van der Waals surface area contributed by atoms with Crippen molar-refractivity contribution in [3.05, 3.63) is 34.8 Å². The van der Waals surface area contributed by atoms with Crippen LogP contribution in [0, 0.1) is 0 Å². The van der Waals surface area contributed by atoms with Crippen molar-refractivity contribution >= 4 is 28.8 Å². The van der Waals surface area contributed by atoms with Crippen LogP contribution in [-0.4, -0.2) is 45.5 Å². The molecule has 0 atom stereocenters. The van der Waals surface area contributed by atoms with E-state index >= 15 is 0 Å². The quantitative estimate of drug-likeness (QED) is 0.713. The zero-order valence-electron chi connectivity index (χ0n) is 13.0. The monoisotopic (exact) mass is 359 g/mol. The SMILES string of the molecule is COc1ccc(-c2nnc3n2N=C(c2nccs2)CS3)cc1OC. The van der Waals surface area contributed by atoms with Gasteiger partial charge in [-0.1, -0.05) is 11.8 Å². The highest BCUT2D eigenvalue weighted by molar-refractivity contribution is 7.99. The fraction of sp³-hybridized carbons (Fsp3) is 0.200. The largest absolute Gasteiger partial charge is 0.493 e. The number of fused-ring (bicyclic) bond motifs is 1. The van der Waals surface area contributed by atoms with E-state index in [1.54, 1.807) is 48.2 Å². The van der Waals surface area contributed by atoms with Gasteiger partial charge in [0.2, 0.25) is 5.16 Å². The third-order valence-electron chi connectivity index (χ3n) is 3.49. The van der Waals surface area contributed by atoms with E-state index in [4.69, 9.17) is 9.47 Å². The average Bonchev–Trinajstić information content (AvgIpc) is 3.30. The topological polar surface area (TPSA) is 74.4 Å². The predicted octanol–water partition coefficient (Wildman–Crippen LogP) is 2.78. The van der Waals surface area contributed by atoms with Gasteiger partial charge in [0.15, 0.2) is 17.3 Å². The normalized spacial score (nSPS) is 13.3. The number of thiazole rings is 1. The maximum Gasteiger partial charge on any atom is 0.212 e. The van der Waals surface area contributed by atoms with Gasteiger partial charge in [-0.25, -0.2) is 4.98 Å². The highest BCUT2D eigenvalue weighted by Gasteiger charge is 2.22. The van der Waals surface area contributed by atoms with Crippen LogP contribution in [0.2, 0.25) is 0 Å². The lowest BCUT2D eigenvalue weighted by Crippen LogP contribution is -2.13. The Labute approximate surface area is 146 Å². The fourth-order valence-corrected chi connectivity index (χ4v) is 3.88. The van der Waals surface area contributed by atoms with Gasteiger partial charge in [0.1, 0.15) is 10.7 Å². The number of methoxy groups -OCH3 is 2. The van der Waals surface area contributed by atoms with Gasteiger partial charge >= 0.3 is 0 Å². The van der Waals surface area contributed by atoms with E-state index in [-0.39, 0.29) is 0 Å². The van der Waals surface area contributed by atoms with Crippen molar-refractivity contribution in [2.45, 2.75) is 5.16 Å².